The minimum atomic E-state index is -0.664. The molecule has 0 aliphatic rings. The van der Waals surface area contributed by atoms with Gasteiger partial charge in [0.25, 0.3) is 0 Å². The van der Waals surface area contributed by atoms with E-state index in [-0.39, 0.29) is 5.75 Å². The summed E-state index contributed by atoms with van der Waals surface area (Å²) in [5.74, 6) is -0.0232. The van der Waals surface area contributed by atoms with Crippen molar-refractivity contribution in [3.8, 4) is 11.5 Å². The molecule has 1 rings (SSSR count). The van der Waals surface area contributed by atoms with E-state index in [2.05, 4.69) is 0 Å². The number of hydrogen-bond donors (Lipinski definition) is 0. The summed E-state index contributed by atoms with van der Waals surface area (Å²) < 4.78 is 10.0. The average Bonchev–Trinajstić information content (AvgIpc) is 2.22. The molecule has 0 heterocycles. The molecule has 81 valence electrons. The van der Waals surface area contributed by atoms with Crippen LogP contribution in [0.15, 0.2) is 24.3 Å². The highest BCUT2D eigenvalue weighted by atomic mass is 16.6. The molecule has 1 aromatic rings. The van der Waals surface area contributed by atoms with E-state index >= 15 is 0 Å². The van der Waals surface area contributed by atoms with Crippen molar-refractivity contribution in [2.45, 2.75) is 20.0 Å². The number of ether oxygens (including phenoxy) is 2. The van der Waals surface area contributed by atoms with Crippen LogP contribution in [-0.2, 0) is 14.6 Å². The Kier molecular flexibility index (Phi) is 3.97. The molecule has 0 aromatic heterocycles. The molecule has 0 amide bonds. The van der Waals surface area contributed by atoms with E-state index < -0.39 is 12.1 Å². The summed E-state index contributed by atoms with van der Waals surface area (Å²) in [6, 6.07) is 5.82. The number of rotatable bonds is 4. The van der Waals surface area contributed by atoms with Gasteiger partial charge in [0.15, 0.2) is 11.9 Å². The Bertz CT molecular complexity index is 318. The molecular weight excluding hydrogens is 196 g/mol. The van der Waals surface area contributed by atoms with Gasteiger partial charge in [0, 0.05) is 0 Å². The van der Waals surface area contributed by atoms with Crippen molar-refractivity contribution >= 4 is 5.97 Å². The molecule has 0 aliphatic heterocycles. The maximum absolute atomic E-state index is 11.2. The van der Waals surface area contributed by atoms with E-state index in [0.29, 0.717) is 12.4 Å². The van der Waals surface area contributed by atoms with E-state index in [0.717, 1.165) is 0 Å². The predicted molar refractivity (Wildman–Crippen MR) is 53.3 cm³/mol. The molecule has 0 bridgehead atoms. The lowest BCUT2D eigenvalue weighted by atomic mass is 10.3. The van der Waals surface area contributed by atoms with Crippen LogP contribution in [0, 0.1) is 0 Å². The molecule has 0 N–H and O–H groups in total. The van der Waals surface area contributed by atoms with Crippen molar-refractivity contribution in [1.82, 2.24) is 0 Å². The summed E-state index contributed by atoms with van der Waals surface area (Å²) in [4.78, 5) is 11.2. The summed E-state index contributed by atoms with van der Waals surface area (Å²) in [5, 5.41) is 10.8. The number of hydrogen-bond acceptors (Lipinski definition) is 3. The molecule has 0 saturated carbocycles. The summed E-state index contributed by atoms with van der Waals surface area (Å²) in [6.45, 7) is 3.66. The Morgan fingerprint density at radius 3 is 2.47 bits per heavy atom. The van der Waals surface area contributed by atoms with Crippen LogP contribution in [-0.4, -0.2) is 18.7 Å². The first-order valence-corrected chi connectivity index (χ1v) is 4.74. The van der Waals surface area contributed by atoms with Gasteiger partial charge >= 0.3 is 5.97 Å². The molecule has 0 fully saturated rings. The van der Waals surface area contributed by atoms with Gasteiger partial charge in [-0.25, -0.2) is 4.79 Å². The monoisotopic (exact) mass is 209 g/mol. The van der Waals surface area contributed by atoms with Gasteiger partial charge in [-0.1, -0.05) is 0 Å². The highest BCUT2D eigenvalue weighted by molar-refractivity contribution is 5.74. The maximum atomic E-state index is 11.2. The first kappa shape index (κ1) is 11.4. The molecule has 0 aliphatic carbocycles. The largest absolute Gasteiger partial charge is 0.479 e. The summed E-state index contributed by atoms with van der Waals surface area (Å²) >= 11 is 0. The zero-order valence-corrected chi connectivity index (χ0v) is 8.73. The molecule has 1 radical (unpaired) electrons. The maximum Gasteiger partial charge on any atom is 0.347 e. The number of benzene rings is 1. The second-order valence-electron chi connectivity index (χ2n) is 2.98. The Morgan fingerprint density at radius 2 is 1.93 bits per heavy atom. The van der Waals surface area contributed by atoms with Gasteiger partial charge < -0.3 is 9.47 Å². The molecule has 4 heteroatoms. The van der Waals surface area contributed by atoms with Gasteiger partial charge in [0.1, 0.15) is 5.75 Å². The SMILES string of the molecule is CCOC(=O)C(C)Oc1ccc([O])cc1. The van der Waals surface area contributed by atoms with E-state index in [1.165, 1.54) is 24.3 Å². The van der Waals surface area contributed by atoms with Gasteiger partial charge in [0.05, 0.1) is 6.61 Å². The van der Waals surface area contributed by atoms with Crippen LogP contribution in [0.3, 0.4) is 0 Å². The Morgan fingerprint density at radius 1 is 1.33 bits per heavy atom. The number of carbonyl (C=O) groups excluding carboxylic acids is 1. The van der Waals surface area contributed by atoms with Crippen molar-refractivity contribution in [1.29, 1.82) is 0 Å². The smallest absolute Gasteiger partial charge is 0.347 e. The third kappa shape index (κ3) is 3.50. The number of carbonyl (C=O) groups is 1. The van der Waals surface area contributed by atoms with Gasteiger partial charge in [-0.3, -0.25) is 5.11 Å². The first-order valence-electron chi connectivity index (χ1n) is 4.74. The topological polar surface area (TPSA) is 55.4 Å². The zero-order chi connectivity index (χ0) is 11.3. The van der Waals surface area contributed by atoms with E-state index in [1.54, 1.807) is 13.8 Å². The van der Waals surface area contributed by atoms with E-state index in [4.69, 9.17) is 9.47 Å². The highest BCUT2D eigenvalue weighted by Gasteiger charge is 2.15. The Labute approximate surface area is 88.4 Å². The second-order valence-corrected chi connectivity index (χ2v) is 2.98. The highest BCUT2D eigenvalue weighted by Crippen LogP contribution is 2.17. The lowest BCUT2D eigenvalue weighted by molar-refractivity contribution is -0.150. The minimum absolute atomic E-state index is 0.0915. The fourth-order valence-corrected chi connectivity index (χ4v) is 1.03. The summed E-state index contributed by atoms with van der Waals surface area (Å²) in [5.41, 5.74) is 0. The van der Waals surface area contributed by atoms with Gasteiger partial charge in [0.2, 0.25) is 0 Å². The van der Waals surface area contributed by atoms with E-state index in [9.17, 15) is 9.90 Å². The quantitative estimate of drug-likeness (QED) is 0.714. The first-order chi connectivity index (χ1) is 7.13. The van der Waals surface area contributed by atoms with E-state index in [1.807, 2.05) is 0 Å². The summed E-state index contributed by atoms with van der Waals surface area (Å²) in [6.07, 6.45) is -0.664. The van der Waals surface area contributed by atoms with Crippen molar-refractivity contribution in [2.24, 2.45) is 0 Å². The van der Waals surface area contributed by atoms with Crippen LogP contribution in [0.1, 0.15) is 13.8 Å². The predicted octanol–water partition coefficient (Wildman–Crippen LogP) is 2.16. The van der Waals surface area contributed by atoms with Crippen molar-refractivity contribution < 1.29 is 19.4 Å². The fraction of sp³-hybridized carbons (Fsp3) is 0.364. The molecule has 0 spiro atoms. The van der Waals surface area contributed by atoms with Crippen molar-refractivity contribution in [3.05, 3.63) is 24.3 Å². The minimum Gasteiger partial charge on any atom is -0.479 e. The van der Waals surface area contributed by atoms with Crippen LogP contribution in [0.2, 0.25) is 0 Å². The second kappa shape index (κ2) is 5.24. The van der Waals surface area contributed by atoms with Crippen molar-refractivity contribution in [3.63, 3.8) is 0 Å². The van der Waals surface area contributed by atoms with Gasteiger partial charge in [-0.15, -0.1) is 0 Å². The Balaban J connectivity index is 2.54. The van der Waals surface area contributed by atoms with Crippen LogP contribution in [0.5, 0.6) is 11.5 Å². The molecule has 1 unspecified atom stereocenters. The number of esters is 1. The van der Waals surface area contributed by atoms with Crippen LogP contribution >= 0.6 is 0 Å². The van der Waals surface area contributed by atoms with Gasteiger partial charge in [-0.05, 0) is 38.1 Å². The Hall–Kier alpha value is -1.71. The average molecular weight is 209 g/mol. The molecule has 1 atom stereocenters. The van der Waals surface area contributed by atoms with Gasteiger partial charge in [-0.2, -0.15) is 0 Å². The van der Waals surface area contributed by atoms with Crippen LogP contribution in [0.4, 0.5) is 0 Å². The zero-order valence-electron chi connectivity index (χ0n) is 8.73. The molecule has 15 heavy (non-hydrogen) atoms. The van der Waals surface area contributed by atoms with Crippen LogP contribution < -0.4 is 4.74 Å². The third-order valence-electron chi connectivity index (χ3n) is 1.76. The molecular formula is C11H13O4. The molecule has 0 saturated heterocycles. The van der Waals surface area contributed by atoms with Crippen molar-refractivity contribution in [2.75, 3.05) is 6.61 Å². The fourth-order valence-electron chi connectivity index (χ4n) is 1.03. The van der Waals surface area contributed by atoms with Crippen LogP contribution in [0.25, 0.3) is 0 Å². The standard InChI is InChI=1S/C11H13O4/c1-3-14-11(13)8(2)15-10-6-4-9(12)5-7-10/h4-8H,3H2,1-2H3. The molecule has 4 nitrogen and oxygen atoms in total. The molecule has 1 aromatic carbocycles. The third-order valence-corrected chi connectivity index (χ3v) is 1.76. The lowest BCUT2D eigenvalue weighted by Gasteiger charge is -2.12. The normalized spacial score (nSPS) is 11.9. The summed E-state index contributed by atoms with van der Waals surface area (Å²) in [7, 11) is 0. The lowest BCUT2D eigenvalue weighted by Crippen LogP contribution is -2.25.